The summed E-state index contributed by atoms with van der Waals surface area (Å²) in [4.78, 5) is 0. The summed E-state index contributed by atoms with van der Waals surface area (Å²) < 4.78 is 0. The van der Waals surface area contributed by atoms with Crippen molar-refractivity contribution in [2.24, 2.45) is 11.7 Å². The summed E-state index contributed by atoms with van der Waals surface area (Å²) in [5, 5.41) is 0. The molecular weight excluding hydrogens is 146 g/mol. The third-order valence-electron chi connectivity index (χ3n) is 2.55. The maximum atomic E-state index is 5.62. The molecule has 64 valence electrons. The molecule has 0 fully saturated rings. The number of terminal acetylenes is 1. The highest BCUT2D eigenvalue weighted by Crippen LogP contribution is 2.31. The zero-order valence-corrected chi connectivity index (χ0v) is 7.51. The lowest BCUT2D eigenvalue weighted by atomic mass is 10.0. The topological polar surface area (TPSA) is 26.0 Å². The first-order valence-corrected chi connectivity index (χ1v) is 4.32. The van der Waals surface area contributed by atoms with E-state index in [9.17, 15) is 0 Å². The van der Waals surface area contributed by atoms with E-state index in [1.165, 1.54) is 17.6 Å². The second-order valence-corrected chi connectivity index (χ2v) is 3.18. The molecule has 0 bridgehead atoms. The van der Waals surface area contributed by atoms with Crippen molar-refractivity contribution >= 4 is 0 Å². The van der Waals surface area contributed by atoms with E-state index in [-0.39, 0.29) is 0 Å². The van der Waals surface area contributed by atoms with Crippen LogP contribution in [0.1, 0.15) is 19.8 Å². The van der Waals surface area contributed by atoms with E-state index in [1.54, 1.807) is 6.08 Å². The van der Waals surface area contributed by atoms with Crippen molar-refractivity contribution in [3.63, 3.8) is 0 Å². The molecule has 0 saturated heterocycles. The lowest BCUT2D eigenvalue weighted by Gasteiger charge is -2.06. The zero-order valence-electron chi connectivity index (χ0n) is 7.51. The summed E-state index contributed by atoms with van der Waals surface area (Å²) in [5.74, 6) is 3.09. The minimum absolute atomic E-state index is 0.586. The summed E-state index contributed by atoms with van der Waals surface area (Å²) in [7, 11) is 0. The van der Waals surface area contributed by atoms with Crippen molar-refractivity contribution in [3.8, 4) is 12.3 Å². The number of allylic oxidation sites excluding steroid dienone is 3. The van der Waals surface area contributed by atoms with E-state index in [0.29, 0.717) is 5.92 Å². The third kappa shape index (κ3) is 1.78. The largest absolute Gasteiger partial charge is 0.330 e. The lowest BCUT2D eigenvalue weighted by Crippen LogP contribution is -2.12. The summed E-state index contributed by atoms with van der Waals surface area (Å²) in [5.41, 5.74) is 8.42. The standard InChI is InChI=1S/C11H15N/c1-3-4-5-10-6-7-11(8-12)9(10)2/h1,4-5,11H,6-8,12H2,2H3/b5-4-. The molecule has 0 radical (unpaired) electrons. The highest BCUT2D eigenvalue weighted by molar-refractivity contribution is 5.33. The van der Waals surface area contributed by atoms with Gasteiger partial charge in [-0.1, -0.05) is 17.6 Å². The van der Waals surface area contributed by atoms with E-state index in [0.717, 1.165) is 13.0 Å². The second-order valence-electron chi connectivity index (χ2n) is 3.18. The van der Waals surface area contributed by atoms with Gasteiger partial charge in [0, 0.05) is 0 Å². The van der Waals surface area contributed by atoms with Crippen LogP contribution in [0.4, 0.5) is 0 Å². The van der Waals surface area contributed by atoms with E-state index in [1.807, 2.05) is 6.08 Å². The van der Waals surface area contributed by atoms with Crippen molar-refractivity contribution in [2.45, 2.75) is 19.8 Å². The van der Waals surface area contributed by atoms with Crippen molar-refractivity contribution in [1.29, 1.82) is 0 Å². The molecule has 0 aromatic carbocycles. The summed E-state index contributed by atoms with van der Waals surface area (Å²) in [6.07, 6.45) is 11.2. The van der Waals surface area contributed by atoms with Crippen molar-refractivity contribution in [2.75, 3.05) is 6.54 Å². The van der Waals surface area contributed by atoms with Gasteiger partial charge in [-0.25, -0.2) is 0 Å². The van der Waals surface area contributed by atoms with Crippen LogP contribution in [0.25, 0.3) is 0 Å². The Labute approximate surface area is 74.3 Å². The van der Waals surface area contributed by atoms with Crippen molar-refractivity contribution in [1.82, 2.24) is 0 Å². The molecular formula is C11H15N. The molecule has 0 aromatic rings. The average molecular weight is 161 g/mol. The van der Waals surface area contributed by atoms with E-state index < -0.39 is 0 Å². The van der Waals surface area contributed by atoms with Crippen molar-refractivity contribution < 1.29 is 0 Å². The minimum atomic E-state index is 0.586. The van der Waals surface area contributed by atoms with Crippen LogP contribution in [-0.2, 0) is 0 Å². The minimum Gasteiger partial charge on any atom is -0.330 e. The maximum Gasteiger partial charge on any atom is -0.00113 e. The van der Waals surface area contributed by atoms with E-state index >= 15 is 0 Å². The predicted octanol–water partition coefficient (Wildman–Crippen LogP) is 1.86. The normalized spacial score (nSPS) is 23.6. The van der Waals surface area contributed by atoms with Crippen LogP contribution in [0.3, 0.4) is 0 Å². The zero-order chi connectivity index (χ0) is 8.97. The van der Waals surface area contributed by atoms with Gasteiger partial charge in [0.15, 0.2) is 0 Å². The van der Waals surface area contributed by atoms with Gasteiger partial charge in [0.05, 0.1) is 0 Å². The molecule has 0 spiro atoms. The Balaban J connectivity index is 2.72. The van der Waals surface area contributed by atoms with Crippen LogP contribution in [0.2, 0.25) is 0 Å². The Morgan fingerprint density at radius 2 is 2.50 bits per heavy atom. The fourth-order valence-corrected chi connectivity index (χ4v) is 1.66. The average Bonchev–Trinajstić information content (AvgIpc) is 2.43. The molecule has 0 heterocycles. The molecule has 1 unspecified atom stereocenters. The maximum absolute atomic E-state index is 5.62. The highest BCUT2D eigenvalue weighted by Gasteiger charge is 2.18. The van der Waals surface area contributed by atoms with Gasteiger partial charge in [-0.15, -0.1) is 6.42 Å². The summed E-state index contributed by atoms with van der Waals surface area (Å²) in [6, 6.07) is 0. The van der Waals surface area contributed by atoms with Crippen molar-refractivity contribution in [3.05, 3.63) is 23.3 Å². The van der Waals surface area contributed by atoms with Gasteiger partial charge < -0.3 is 5.73 Å². The summed E-state index contributed by atoms with van der Waals surface area (Å²) >= 11 is 0. The Morgan fingerprint density at radius 3 is 3.00 bits per heavy atom. The smallest absolute Gasteiger partial charge is 0.00113 e. The van der Waals surface area contributed by atoms with Gasteiger partial charge in [-0.3, -0.25) is 0 Å². The molecule has 0 aromatic heterocycles. The summed E-state index contributed by atoms with van der Waals surface area (Å²) in [6.45, 7) is 2.92. The Hall–Kier alpha value is -1.00. The number of rotatable bonds is 2. The molecule has 2 N–H and O–H groups in total. The van der Waals surface area contributed by atoms with Crippen LogP contribution in [0, 0.1) is 18.3 Å². The van der Waals surface area contributed by atoms with Gasteiger partial charge in [-0.2, -0.15) is 0 Å². The van der Waals surface area contributed by atoms with Gasteiger partial charge in [0.2, 0.25) is 0 Å². The molecule has 1 atom stereocenters. The Kier molecular flexibility index (Phi) is 3.13. The SMILES string of the molecule is C#C/C=C\C1=C(C)C(CN)CC1. The van der Waals surface area contributed by atoms with E-state index in [4.69, 9.17) is 12.2 Å². The predicted molar refractivity (Wildman–Crippen MR) is 52.5 cm³/mol. The molecule has 1 heteroatoms. The molecule has 1 aliphatic rings. The highest BCUT2D eigenvalue weighted by atomic mass is 14.6. The monoisotopic (exact) mass is 161 g/mol. The fourth-order valence-electron chi connectivity index (χ4n) is 1.66. The van der Waals surface area contributed by atoms with Crippen LogP contribution < -0.4 is 5.73 Å². The third-order valence-corrected chi connectivity index (χ3v) is 2.55. The Morgan fingerprint density at radius 1 is 1.75 bits per heavy atom. The molecule has 12 heavy (non-hydrogen) atoms. The molecule has 0 saturated carbocycles. The van der Waals surface area contributed by atoms with Gasteiger partial charge >= 0.3 is 0 Å². The second kappa shape index (κ2) is 4.13. The van der Waals surface area contributed by atoms with Gasteiger partial charge in [-0.05, 0) is 43.9 Å². The molecule has 0 aliphatic heterocycles. The quantitative estimate of drug-likeness (QED) is 0.615. The van der Waals surface area contributed by atoms with Crippen LogP contribution in [0.15, 0.2) is 23.3 Å². The molecule has 1 nitrogen and oxygen atoms in total. The lowest BCUT2D eigenvalue weighted by molar-refractivity contribution is 0.616. The van der Waals surface area contributed by atoms with Gasteiger partial charge in [0.1, 0.15) is 0 Å². The first kappa shape index (κ1) is 9.09. The van der Waals surface area contributed by atoms with Crippen LogP contribution >= 0.6 is 0 Å². The first-order chi connectivity index (χ1) is 5.79. The van der Waals surface area contributed by atoms with Gasteiger partial charge in [0.25, 0.3) is 0 Å². The first-order valence-electron chi connectivity index (χ1n) is 4.32. The number of hydrogen-bond acceptors (Lipinski definition) is 1. The van der Waals surface area contributed by atoms with E-state index in [2.05, 4.69) is 12.8 Å². The number of nitrogens with two attached hydrogens (primary N) is 1. The Bertz CT molecular complexity index is 253. The van der Waals surface area contributed by atoms with Crippen LogP contribution in [0.5, 0.6) is 0 Å². The molecule has 1 rings (SSSR count). The van der Waals surface area contributed by atoms with Crippen LogP contribution in [-0.4, -0.2) is 6.54 Å². The number of hydrogen-bond donors (Lipinski definition) is 1. The molecule has 0 amide bonds. The fraction of sp³-hybridized carbons (Fsp3) is 0.455. The molecule has 1 aliphatic carbocycles.